The third-order valence-corrected chi connectivity index (χ3v) is 3.84. The van der Waals surface area contributed by atoms with Crippen LogP contribution in [-0.4, -0.2) is 19.0 Å². The maximum Gasteiger partial charge on any atom is 0.228 e. The number of para-hydroxylation sites is 1. The van der Waals surface area contributed by atoms with Gasteiger partial charge < -0.3 is 10.6 Å². The van der Waals surface area contributed by atoms with Crippen molar-refractivity contribution in [3.05, 3.63) is 29.3 Å². The minimum atomic E-state index is 0. The Balaban J connectivity index is 0.00000200. The van der Waals surface area contributed by atoms with Crippen molar-refractivity contribution in [1.29, 1.82) is 0 Å². The summed E-state index contributed by atoms with van der Waals surface area (Å²) in [6.07, 6.45) is 2.07. The van der Waals surface area contributed by atoms with Crippen LogP contribution in [0.4, 0.5) is 5.69 Å². The average molecular weight is 297 g/mol. The Morgan fingerprint density at radius 2 is 2.15 bits per heavy atom. The van der Waals surface area contributed by atoms with Crippen LogP contribution in [0.25, 0.3) is 0 Å². The predicted octanol–water partition coefficient (Wildman–Crippen LogP) is 3.48. The number of halogens is 1. The largest absolute Gasteiger partial charge is 0.325 e. The van der Waals surface area contributed by atoms with E-state index in [1.54, 1.807) is 0 Å². The van der Waals surface area contributed by atoms with E-state index in [-0.39, 0.29) is 24.2 Å². The Hall–Kier alpha value is -1.06. The van der Waals surface area contributed by atoms with Crippen molar-refractivity contribution in [2.75, 3.05) is 18.4 Å². The van der Waals surface area contributed by atoms with Crippen molar-refractivity contribution >= 4 is 24.0 Å². The molecule has 112 valence electrons. The highest BCUT2D eigenvalue weighted by Gasteiger charge is 2.22. The molecule has 1 amide bonds. The number of piperidine rings is 1. The molecule has 1 aliphatic heterocycles. The quantitative estimate of drug-likeness (QED) is 0.896. The first-order chi connectivity index (χ1) is 9.09. The van der Waals surface area contributed by atoms with Crippen molar-refractivity contribution in [3.8, 4) is 0 Å². The summed E-state index contributed by atoms with van der Waals surface area (Å²) in [5.41, 5.74) is 3.37. The van der Waals surface area contributed by atoms with Crippen molar-refractivity contribution in [2.24, 2.45) is 5.92 Å². The van der Waals surface area contributed by atoms with Gasteiger partial charge in [0, 0.05) is 12.2 Å². The monoisotopic (exact) mass is 296 g/mol. The molecule has 0 spiro atoms. The van der Waals surface area contributed by atoms with Gasteiger partial charge in [0.15, 0.2) is 0 Å². The van der Waals surface area contributed by atoms with Gasteiger partial charge in [-0.1, -0.05) is 32.0 Å². The van der Waals surface area contributed by atoms with Crippen LogP contribution in [0.15, 0.2) is 18.2 Å². The Morgan fingerprint density at radius 3 is 2.75 bits per heavy atom. The van der Waals surface area contributed by atoms with Crippen molar-refractivity contribution < 1.29 is 4.79 Å². The number of rotatable bonds is 3. The third-order valence-electron chi connectivity index (χ3n) is 3.84. The number of hydrogen-bond acceptors (Lipinski definition) is 2. The molecule has 0 aliphatic carbocycles. The number of anilines is 1. The van der Waals surface area contributed by atoms with Crippen LogP contribution < -0.4 is 10.6 Å². The summed E-state index contributed by atoms with van der Waals surface area (Å²) in [5, 5.41) is 6.44. The van der Waals surface area contributed by atoms with Gasteiger partial charge in [0.25, 0.3) is 0 Å². The van der Waals surface area contributed by atoms with Crippen molar-refractivity contribution in [1.82, 2.24) is 5.32 Å². The summed E-state index contributed by atoms with van der Waals surface area (Å²) in [7, 11) is 0. The maximum absolute atomic E-state index is 12.3. The first-order valence-corrected chi connectivity index (χ1v) is 7.20. The molecular weight excluding hydrogens is 272 g/mol. The molecule has 1 aromatic carbocycles. The number of carbonyl (C=O) groups excluding carboxylic acids is 1. The number of amides is 1. The summed E-state index contributed by atoms with van der Waals surface area (Å²) >= 11 is 0. The van der Waals surface area contributed by atoms with Gasteiger partial charge in [-0.2, -0.15) is 0 Å². The SMILES string of the molecule is Cc1cccc(C(C)C)c1NC(=O)[C@@H]1CCCNC1.Cl. The second kappa shape index (κ2) is 7.65. The lowest BCUT2D eigenvalue weighted by Crippen LogP contribution is -2.37. The molecule has 3 nitrogen and oxygen atoms in total. The van der Waals surface area contributed by atoms with Gasteiger partial charge in [0.05, 0.1) is 5.92 Å². The smallest absolute Gasteiger partial charge is 0.228 e. The van der Waals surface area contributed by atoms with E-state index in [1.165, 1.54) is 5.56 Å². The van der Waals surface area contributed by atoms with Gasteiger partial charge in [0.1, 0.15) is 0 Å². The number of benzene rings is 1. The van der Waals surface area contributed by atoms with Gasteiger partial charge in [0.2, 0.25) is 5.91 Å². The number of nitrogens with one attached hydrogen (secondary N) is 2. The molecule has 1 fully saturated rings. The maximum atomic E-state index is 12.3. The molecule has 1 atom stereocenters. The standard InChI is InChI=1S/C16H24N2O.ClH/c1-11(2)14-8-4-6-12(3)15(14)18-16(19)13-7-5-9-17-10-13;/h4,6,8,11,13,17H,5,7,9-10H2,1-3H3,(H,18,19);1H/t13-;/m1./s1. The zero-order valence-corrected chi connectivity index (χ0v) is 13.3. The first kappa shape index (κ1) is 17.0. The summed E-state index contributed by atoms with van der Waals surface area (Å²) in [5.74, 6) is 0.677. The molecule has 1 saturated heterocycles. The van der Waals surface area contributed by atoms with E-state index < -0.39 is 0 Å². The van der Waals surface area contributed by atoms with E-state index in [4.69, 9.17) is 0 Å². The molecule has 2 rings (SSSR count). The molecule has 1 aliphatic rings. The van der Waals surface area contributed by atoms with Crippen LogP contribution in [0.3, 0.4) is 0 Å². The summed E-state index contributed by atoms with van der Waals surface area (Å²) in [6.45, 7) is 8.21. The normalized spacial score (nSPS) is 18.5. The molecule has 0 saturated carbocycles. The van der Waals surface area contributed by atoms with E-state index in [0.29, 0.717) is 5.92 Å². The Kier molecular flexibility index (Phi) is 6.50. The minimum absolute atomic E-state index is 0. The third kappa shape index (κ3) is 3.97. The van der Waals surface area contributed by atoms with E-state index in [1.807, 2.05) is 0 Å². The molecule has 1 aromatic rings. The van der Waals surface area contributed by atoms with E-state index in [9.17, 15) is 4.79 Å². The molecule has 0 bridgehead atoms. The summed E-state index contributed by atoms with van der Waals surface area (Å²) < 4.78 is 0. The molecule has 0 unspecified atom stereocenters. The zero-order chi connectivity index (χ0) is 13.8. The second-order valence-corrected chi connectivity index (χ2v) is 5.73. The molecular formula is C16H25ClN2O. The second-order valence-electron chi connectivity index (χ2n) is 5.73. The number of hydrogen-bond donors (Lipinski definition) is 2. The molecule has 0 aromatic heterocycles. The lowest BCUT2D eigenvalue weighted by atomic mass is 9.96. The fourth-order valence-corrected chi connectivity index (χ4v) is 2.64. The number of carbonyl (C=O) groups is 1. The lowest BCUT2D eigenvalue weighted by molar-refractivity contribution is -0.120. The molecule has 4 heteroatoms. The highest BCUT2D eigenvalue weighted by atomic mass is 35.5. The van der Waals surface area contributed by atoms with Gasteiger partial charge in [-0.15, -0.1) is 12.4 Å². The number of aryl methyl sites for hydroxylation is 1. The van der Waals surface area contributed by atoms with Gasteiger partial charge >= 0.3 is 0 Å². The molecule has 1 heterocycles. The van der Waals surface area contributed by atoms with Crippen LogP contribution in [0, 0.1) is 12.8 Å². The minimum Gasteiger partial charge on any atom is -0.325 e. The van der Waals surface area contributed by atoms with Gasteiger partial charge in [-0.3, -0.25) is 4.79 Å². The zero-order valence-electron chi connectivity index (χ0n) is 12.5. The topological polar surface area (TPSA) is 41.1 Å². The summed E-state index contributed by atoms with van der Waals surface area (Å²) in [4.78, 5) is 12.3. The van der Waals surface area contributed by atoms with Crippen molar-refractivity contribution in [3.63, 3.8) is 0 Å². The molecule has 0 radical (unpaired) electrons. The van der Waals surface area contributed by atoms with Crippen LogP contribution in [0.1, 0.15) is 43.7 Å². The van der Waals surface area contributed by atoms with Crippen molar-refractivity contribution in [2.45, 2.75) is 39.5 Å². The fourth-order valence-electron chi connectivity index (χ4n) is 2.64. The Morgan fingerprint density at radius 1 is 1.40 bits per heavy atom. The molecule has 2 N–H and O–H groups in total. The Labute approximate surface area is 127 Å². The summed E-state index contributed by atoms with van der Waals surface area (Å²) in [6, 6.07) is 6.22. The van der Waals surface area contributed by atoms with Crippen LogP contribution in [0.5, 0.6) is 0 Å². The average Bonchev–Trinajstić information content (AvgIpc) is 2.41. The van der Waals surface area contributed by atoms with Crippen LogP contribution in [-0.2, 0) is 4.79 Å². The fraction of sp³-hybridized carbons (Fsp3) is 0.562. The molecule has 20 heavy (non-hydrogen) atoms. The van der Waals surface area contributed by atoms with Crippen LogP contribution >= 0.6 is 12.4 Å². The Bertz CT molecular complexity index is 454. The van der Waals surface area contributed by atoms with E-state index >= 15 is 0 Å². The highest BCUT2D eigenvalue weighted by molar-refractivity contribution is 5.94. The van der Waals surface area contributed by atoms with Crippen LogP contribution in [0.2, 0.25) is 0 Å². The van der Waals surface area contributed by atoms with E-state index in [0.717, 1.165) is 37.2 Å². The first-order valence-electron chi connectivity index (χ1n) is 7.20. The predicted molar refractivity (Wildman–Crippen MR) is 86.7 cm³/mol. The highest BCUT2D eigenvalue weighted by Crippen LogP contribution is 2.28. The lowest BCUT2D eigenvalue weighted by Gasteiger charge is -2.24. The van der Waals surface area contributed by atoms with E-state index in [2.05, 4.69) is 49.6 Å². The van der Waals surface area contributed by atoms with Gasteiger partial charge in [-0.25, -0.2) is 0 Å². The van der Waals surface area contributed by atoms with Gasteiger partial charge in [-0.05, 0) is 43.4 Å².